The van der Waals surface area contributed by atoms with E-state index in [4.69, 9.17) is 9.47 Å². The zero-order valence-corrected chi connectivity index (χ0v) is 52.0. The van der Waals surface area contributed by atoms with E-state index in [0.717, 1.165) is 89.9 Å². The molecule has 81 heavy (non-hydrogen) atoms. The normalized spacial score (nSPS) is 19.1. The number of carbonyl (C=O) groups is 1. The predicted molar refractivity (Wildman–Crippen MR) is 345 cm³/mol. The maximum Gasteiger partial charge on any atom is 0.220 e. The molecule has 6 N–H and O–H groups in total. The highest BCUT2D eigenvalue weighted by molar-refractivity contribution is 5.76. The van der Waals surface area contributed by atoms with Crippen molar-refractivity contribution in [2.75, 3.05) is 13.2 Å². The first kappa shape index (κ1) is 75.9. The Labute approximate surface area is 497 Å². The highest BCUT2D eigenvalue weighted by Gasteiger charge is 2.44. The molecule has 0 aromatic carbocycles. The summed E-state index contributed by atoms with van der Waals surface area (Å²) in [5, 5.41) is 54.7. The number of carbonyl (C=O) groups excluding carboxylic acids is 1. The molecular weight excluding hydrogens is 1010 g/mol. The van der Waals surface area contributed by atoms with Crippen LogP contribution in [0.25, 0.3) is 0 Å². The van der Waals surface area contributed by atoms with Crippen LogP contribution < -0.4 is 5.32 Å². The van der Waals surface area contributed by atoms with Crippen LogP contribution in [-0.4, -0.2) is 87.5 Å². The quantitative estimate of drug-likeness (QED) is 0.0261. The zero-order chi connectivity index (χ0) is 58.6. The van der Waals surface area contributed by atoms with Gasteiger partial charge in [0.25, 0.3) is 0 Å². The van der Waals surface area contributed by atoms with Gasteiger partial charge in [-0.2, -0.15) is 0 Å². The lowest BCUT2D eigenvalue weighted by Gasteiger charge is -2.40. The number of amides is 1. The molecule has 0 aliphatic carbocycles. The van der Waals surface area contributed by atoms with Gasteiger partial charge in [-0.3, -0.25) is 4.79 Å². The van der Waals surface area contributed by atoms with E-state index in [9.17, 15) is 30.3 Å². The van der Waals surface area contributed by atoms with Crippen molar-refractivity contribution >= 4 is 5.91 Å². The van der Waals surface area contributed by atoms with E-state index >= 15 is 0 Å². The third-order valence-corrected chi connectivity index (χ3v) is 15.4. The molecule has 1 fully saturated rings. The largest absolute Gasteiger partial charge is 0.394 e. The highest BCUT2D eigenvalue weighted by Crippen LogP contribution is 2.23. The van der Waals surface area contributed by atoms with Crippen molar-refractivity contribution in [1.29, 1.82) is 0 Å². The van der Waals surface area contributed by atoms with Gasteiger partial charge in [0, 0.05) is 6.42 Å². The second-order valence-electron chi connectivity index (χ2n) is 22.9. The molecule has 466 valence electrons. The van der Waals surface area contributed by atoms with Gasteiger partial charge in [0.2, 0.25) is 5.91 Å². The minimum Gasteiger partial charge on any atom is -0.394 e. The van der Waals surface area contributed by atoms with Gasteiger partial charge < -0.3 is 40.3 Å². The summed E-state index contributed by atoms with van der Waals surface area (Å²) in [5.74, 6) is -0.179. The summed E-state index contributed by atoms with van der Waals surface area (Å²) >= 11 is 0. The van der Waals surface area contributed by atoms with E-state index in [1.807, 2.05) is 6.08 Å². The van der Waals surface area contributed by atoms with Gasteiger partial charge in [-0.25, -0.2) is 0 Å². The van der Waals surface area contributed by atoms with Crippen molar-refractivity contribution in [3.63, 3.8) is 0 Å². The minimum atomic E-state index is -1.57. The first-order valence-corrected chi connectivity index (χ1v) is 33.6. The highest BCUT2D eigenvalue weighted by atomic mass is 16.7. The van der Waals surface area contributed by atoms with Gasteiger partial charge in [-0.05, 0) is 83.5 Å². The summed E-state index contributed by atoms with van der Waals surface area (Å²) in [6.07, 6.45) is 81.7. The average Bonchev–Trinajstić information content (AvgIpc) is 3.48. The molecule has 1 rings (SSSR count). The zero-order valence-electron chi connectivity index (χ0n) is 52.0. The van der Waals surface area contributed by atoms with Crippen LogP contribution in [-0.2, 0) is 14.3 Å². The second kappa shape index (κ2) is 60.0. The SMILES string of the molecule is CC/C=C\C/C=C\C/C=C\C/C=C\C/C=C\C/C=C\C/C=C\C/C=C\CCCCCCCCCCCCCCCCC(=O)NC(COC1OC(CO)C(O)C(O)C1O)C(O)/C=C/CCCCCCCCCCCCCCCCCCC. The van der Waals surface area contributed by atoms with Gasteiger partial charge in [0.05, 0.1) is 25.4 Å². The summed E-state index contributed by atoms with van der Waals surface area (Å²) in [7, 11) is 0. The van der Waals surface area contributed by atoms with Crippen LogP contribution in [0.5, 0.6) is 0 Å². The fourth-order valence-corrected chi connectivity index (χ4v) is 10.1. The van der Waals surface area contributed by atoms with E-state index in [1.165, 1.54) is 173 Å². The molecule has 7 atom stereocenters. The van der Waals surface area contributed by atoms with Crippen LogP contribution in [0.4, 0.5) is 0 Å². The minimum absolute atomic E-state index is 0.179. The first-order valence-electron chi connectivity index (χ1n) is 33.6. The van der Waals surface area contributed by atoms with Crippen LogP contribution in [0.3, 0.4) is 0 Å². The molecule has 1 saturated heterocycles. The smallest absolute Gasteiger partial charge is 0.220 e. The molecule has 0 bridgehead atoms. The van der Waals surface area contributed by atoms with E-state index in [1.54, 1.807) is 6.08 Å². The Bertz CT molecular complexity index is 1640. The summed E-state index contributed by atoms with van der Waals surface area (Å²) in [5.41, 5.74) is 0. The maximum absolute atomic E-state index is 13.1. The van der Waals surface area contributed by atoms with E-state index in [-0.39, 0.29) is 12.5 Å². The number of allylic oxidation sites excluding steroid dienone is 17. The van der Waals surface area contributed by atoms with Gasteiger partial charge in [-0.1, -0.05) is 303 Å². The molecule has 1 amide bonds. The number of aliphatic hydroxyl groups excluding tert-OH is 5. The Morgan fingerprint density at radius 3 is 1.14 bits per heavy atom. The van der Waals surface area contributed by atoms with E-state index in [2.05, 4.69) is 116 Å². The molecule has 0 spiro atoms. The number of nitrogens with one attached hydrogen (secondary N) is 1. The molecular formula is C72H125NO8. The van der Waals surface area contributed by atoms with Crippen LogP contribution >= 0.6 is 0 Å². The Morgan fingerprint density at radius 2 is 0.765 bits per heavy atom. The van der Waals surface area contributed by atoms with Gasteiger partial charge in [0.1, 0.15) is 24.4 Å². The molecule has 1 aliphatic rings. The molecule has 9 nitrogen and oxygen atoms in total. The van der Waals surface area contributed by atoms with Crippen molar-refractivity contribution in [3.8, 4) is 0 Å². The Balaban J connectivity index is 2.12. The number of hydrogen-bond acceptors (Lipinski definition) is 8. The first-order chi connectivity index (χ1) is 39.8. The average molecular weight is 1130 g/mol. The van der Waals surface area contributed by atoms with Crippen molar-refractivity contribution in [3.05, 3.63) is 109 Å². The lowest BCUT2D eigenvalue weighted by molar-refractivity contribution is -0.302. The predicted octanol–water partition coefficient (Wildman–Crippen LogP) is 18.1. The van der Waals surface area contributed by atoms with Crippen molar-refractivity contribution in [2.45, 2.75) is 326 Å². The fourth-order valence-electron chi connectivity index (χ4n) is 10.1. The van der Waals surface area contributed by atoms with Gasteiger partial charge >= 0.3 is 0 Å². The molecule has 0 aromatic rings. The summed E-state index contributed by atoms with van der Waals surface area (Å²) in [6, 6.07) is -0.811. The van der Waals surface area contributed by atoms with Crippen LogP contribution in [0, 0.1) is 0 Å². The fraction of sp³-hybridized carbons (Fsp3) is 0.736. The lowest BCUT2D eigenvalue weighted by Crippen LogP contribution is -2.60. The third kappa shape index (κ3) is 48.9. The van der Waals surface area contributed by atoms with Crippen molar-refractivity contribution in [1.82, 2.24) is 5.32 Å². The summed E-state index contributed by atoms with van der Waals surface area (Å²) < 4.78 is 11.3. The molecule has 7 unspecified atom stereocenters. The van der Waals surface area contributed by atoms with Crippen LogP contribution in [0.15, 0.2) is 109 Å². The topological polar surface area (TPSA) is 149 Å². The standard InChI is InChI=1S/C72H125NO8/c1-3-5-7-9-11-13-15-17-19-21-23-24-25-26-27-28-29-30-31-32-33-34-35-36-37-38-39-40-41-42-44-46-48-50-52-54-56-58-60-62-68(76)73-65(64-80-72-71(79)70(78)69(77)67(63-74)81-72)66(75)61-59-57-55-53-51-49-47-45-43-22-20-18-16-14-12-10-8-6-4-2/h5,7,11,13,17,19,23-24,26-27,29-30,32-33,35-36,59,61,65-67,69-72,74-75,77-79H,3-4,6,8-10,12,14-16,18,20-22,25,28,31,34,37-58,60,62-64H2,1-2H3,(H,73,76)/b7-5-,13-11-,19-17-,24-23-,27-26-,30-29-,33-32-,36-35-,61-59+. The number of aliphatic hydroxyl groups is 5. The molecule has 0 saturated carbocycles. The molecule has 0 aromatic heterocycles. The maximum atomic E-state index is 13.1. The van der Waals surface area contributed by atoms with Crippen molar-refractivity contribution < 1.29 is 39.8 Å². The number of ether oxygens (including phenoxy) is 2. The van der Waals surface area contributed by atoms with Crippen LogP contribution in [0.2, 0.25) is 0 Å². The Hall–Kier alpha value is -3.15. The third-order valence-electron chi connectivity index (χ3n) is 15.4. The van der Waals surface area contributed by atoms with Crippen LogP contribution in [0.1, 0.15) is 284 Å². The number of unbranched alkanes of at least 4 members (excludes halogenated alkanes) is 31. The number of hydrogen-bond donors (Lipinski definition) is 6. The Morgan fingerprint density at radius 1 is 0.432 bits per heavy atom. The number of rotatable bonds is 57. The van der Waals surface area contributed by atoms with Gasteiger partial charge in [-0.15, -0.1) is 0 Å². The molecule has 1 heterocycles. The molecule has 1 aliphatic heterocycles. The second-order valence-corrected chi connectivity index (χ2v) is 22.9. The van der Waals surface area contributed by atoms with E-state index < -0.39 is 49.5 Å². The van der Waals surface area contributed by atoms with Gasteiger partial charge in [0.15, 0.2) is 6.29 Å². The lowest BCUT2D eigenvalue weighted by atomic mass is 9.99. The Kier molecular flexibility index (Phi) is 56.2. The van der Waals surface area contributed by atoms with Crippen molar-refractivity contribution in [2.24, 2.45) is 0 Å². The molecule has 9 heteroatoms. The summed E-state index contributed by atoms with van der Waals surface area (Å²) in [6.45, 7) is 3.68. The van der Waals surface area contributed by atoms with E-state index in [0.29, 0.717) is 6.42 Å². The molecule has 0 radical (unpaired) electrons. The monoisotopic (exact) mass is 1130 g/mol. The summed E-state index contributed by atoms with van der Waals surface area (Å²) in [4.78, 5) is 13.1.